The second-order valence-electron chi connectivity index (χ2n) is 2.19. The molecule has 0 radical (unpaired) electrons. The molecule has 0 bridgehead atoms. The lowest BCUT2D eigenvalue weighted by atomic mass is 10.1. The maximum absolute atomic E-state index is 11.4. The molecule has 0 spiro atoms. The van der Waals surface area contributed by atoms with Gasteiger partial charge < -0.3 is 0 Å². The number of benzene rings is 1. The topological polar surface area (TPSA) is 26.3 Å². The van der Waals surface area contributed by atoms with Gasteiger partial charge in [0.2, 0.25) is 0 Å². The summed E-state index contributed by atoms with van der Waals surface area (Å²) in [5.41, 5.74) is 0.924. The molecular weight excluding hydrogens is 159 g/mol. The minimum Gasteiger partial charge on any atom is -0.249 e. The van der Waals surface area contributed by atoms with Crippen LogP contribution in [0.5, 0.6) is 0 Å². The van der Waals surface area contributed by atoms with Crippen molar-refractivity contribution in [1.29, 1.82) is 0 Å². The lowest BCUT2D eigenvalue weighted by Gasteiger charge is -1.96. The quantitative estimate of drug-likeness (QED) is 0.674. The molecule has 2 nitrogen and oxygen atoms in total. The summed E-state index contributed by atoms with van der Waals surface area (Å²) < 4.78 is 11.4. The van der Waals surface area contributed by atoms with E-state index >= 15 is 0 Å². The van der Waals surface area contributed by atoms with Gasteiger partial charge in [-0.05, 0) is 17.7 Å². The molecule has 0 amide bonds. The summed E-state index contributed by atoms with van der Waals surface area (Å²) in [5, 5.41) is 0. The maximum atomic E-state index is 11.4. The van der Waals surface area contributed by atoms with Crippen LogP contribution < -0.4 is 0 Å². The Morgan fingerprint density at radius 1 is 1.58 bits per heavy atom. The standard InChI is InChI=1S/C9H7FO2/c1-2-7-4-3-5-8(6-7)9(11)12-10/h2-6H,1H2. The minimum atomic E-state index is -0.987. The zero-order chi connectivity index (χ0) is 8.97. The first-order valence-corrected chi connectivity index (χ1v) is 3.33. The van der Waals surface area contributed by atoms with Crippen molar-refractivity contribution in [1.82, 2.24) is 0 Å². The molecule has 1 aromatic carbocycles. The van der Waals surface area contributed by atoms with E-state index in [0.717, 1.165) is 5.56 Å². The third-order valence-corrected chi connectivity index (χ3v) is 1.43. The maximum Gasteiger partial charge on any atom is 0.379 e. The van der Waals surface area contributed by atoms with Crippen LogP contribution in [-0.2, 0) is 4.94 Å². The van der Waals surface area contributed by atoms with Crippen molar-refractivity contribution in [3.8, 4) is 0 Å². The Labute approximate surface area is 69.2 Å². The Kier molecular flexibility index (Phi) is 2.58. The zero-order valence-electron chi connectivity index (χ0n) is 6.29. The summed E-state index contributed by atoms with van der Waals surface area (Å²) in [4.78, 5) is 13.7. The number of hydrogen-bond donors (Lipinski definition) is 0. The number of hydrogen-bond acceptors (Lipinski definition) is 2. The van der Waals surface area contributed by atoms with E-state index in [1.807, 2.05) is 0 Å². The molecule has 0 saturated heterocycles. The summed E-state index contributed by atoms with van der Waals surface area (Å²) in [6.07, 6.45) is 1.56. The van der Waals surface area contributed by atoms with Crippen LogP contribution >= 0.6 is 0 Å². The van der Waals surface area contributed by atoms with Crippen molar-refractivity contribution < 1.29 is 14.3 Å². The van der Waals surface area contributed by atoms with Crippen LogP contribution in [0, 0.1) is 0 Å². The summed E-state index contributed by atoms with van der Waals surface area (Å²) in [7, 11) is 0. The Bertz CT molecular complexity index is 307. The van der Waals surface area contributed by atoms with Gasteiger partial charge in [-0.3, -0.25) is 0 Å². The van der Waals surface area contributed by atoms with Gasteiger partial charge in [-0.1, -0.05) is 24.8 Å². The van der Waals surface area contributed by atoms with Gasteiger partial charge in [0.25, 0.3) is 0 Å². The molecule has 0 aromatic heterocycles. The van der Waals surface area contributed by atoms with Gasteiger partial charge in [0.1, 0.15) is 0 Å². The Morgan fingerprint density at radius 3 is 2.92 bits per heavy atom. The molecule has 0 saturated carbocycles. The highest BCUT2D eigenvalue weighted by Crippen LogP contribution is 2.07. The van der Waals surface area contributed by atoms with E-state index in [2.05, 4.69) is 11.5 Å². The van der Waals surface area contributed by atoms with E-state index in [1.54, 1.807) is 18.2 Å². The summed E-state index contributed by atoms with van der Waals surface area (Å²) >= 11 is 0. The number of halogens is 1. The molecule has 0 aliphatic carbocycles. The first-order chi connectivity index (χ1) is 5.77. The smallest absolute Gasteiger partial charge is 0.249 e. The van der Waals surface area contributed by atoms with E-state index in [-0.39, 0.29) is 5.56 Å². The molecule has 0 aliphatic heterocycles. The van der Waals surface area contributed by atoms with Crippen LogP contribution in [0.2, 0.25) is 0 Å². The summed E-state index contributed by atoms with van der Waals surface area (Å²) in [5.74, 6) is -0.987. The van der Waals surface area contributed by atoms with Crippen molar-refractivity contribution >= 4 is 12.0 Å². The van der Waals surface area contributed by atoms with Gasteiger partial charge in [0.15, 0.2) is 0 Å². The number of carbonyl (C=O) groups excluding carboxylic acids is 1. The second-order valence-corrected chi connectivity index (χ2v) is 2.19. The third kappa shape index (κ3) is 1.69. The highest BCUT2D eigenvalue weighted by molar-refractivity contribution is 5.89. The fourth-order valence-corrected chi connectivity index (χ4v) is 0.837. The molecule has 0 heterocycles. The Morgan fingerprint density at radius 2 is 2.33 bits per heavy atom. The lowest BCUT2D eigenvalue weighted by Crippen LogP contribution is -1.98. The predicted molar refractivity (Wildman–Crippen MR) is 43.1 cm³/mol. The summed E-state index contributed by atoms with van der Waals surface area (Å²) in [6.45, 7) is 3.51. The molecule has 0 fully saturated rings. The SMILES string of the molecule is C=Cc1cccc(C(=O)OF)c1. The second kappa shape index (κ2) is 3.67. The van der Waals surface area contributed by atoms with E-state index in [0.29, 0.717) is 0 Å². The van der Waals surface area contributed by atoms with E-state index in [9.17, 15) is 9.32 Å². The highest BCUT2D eigenvalue weighted by atomic mass is 19.3. The van der Waals surface area contributed by atoms with Gasteiger partial charge in [-0.15, -0.1) is 0 Å². The van der Waals surface area contributed by atoms with Crippen LogP contribution in [-0.4, -0.2) is 5.97 Å². The molecule has 1 aromatic rings. The molecule has 12 heavy (non-hydrogen) atoms. The van der Waals surface area contributed by atoms with Crippen LogP contribution in [0.1, 0.15) is 15.9 Å². The molecule has 3 heteroatoms. The minimum absolute atomic E-state index is 0.176. The first kappa shape index (κ1) is 8.46. The average molecular weight is 166 g/mol. The third-order valence-electron chi connectivity index (χ3n) is 1.43. The lowest BCUT2D eigenvalue weighted by molar-refractivity contribution is -0.0788. The van der Waals surface area contributed by atoms with Crippen molar-refractivity contribution in [2.45, 2.75) is 0 Å². The van der Waals surface area contributed by atoms with Gasteiger partial charge in [0.05, 0.1) is 5.56 Å². The predicted octanol–water partition coefficient (Wildman–Crippen LogP) is 2.37. The van der Waals surface area contributed by atoms with Gasteiger partial charge >= 0.3 is 5.97 Å². The van der Waals surface area contributed by atoms with Crippen molar-refractivity contribution in [2.24, 2.45) is 0 Å². The van der Waals surface area contributed by atoms with Crippen molar-refractivity contribution in [2.75, 3.05) is 0 Å². The van der Waals surface area contributed by atoms with E-state index < -0.39 is 5.97 Å². The van der Waals surface area contributed by atoms with Crippen LogP contribution in [0.15, 0.2) is 30.8 Å². The average Bonchev–Trinajstić information content (AvgIpc) is 2.17. The molecule has 0 N–H and O–H groups in total. The molecule has 62 valence electrons. The Hall–Kier alpha value is -1.64. The van der Waals surface area contributed by atoms with Crippen LogP contribution in [0.25, 0.3) is 6.08 Å². The molecule has 0 aliphatic rings. The molecular formula is C9H7FO2. The number of carbonyl (C=O) groups is 1. The fourth-order valence-electron chi connectivity index (χ4n) is 0.837. The van der Waals surface area contributed by atoms with Crippen LogP contribution in [0.3, 0.4) is 0 Å². The van der Waals surface area contributed by atoms with Gasteiger partial charge in [-0.25, -0.2) is 9.74 Å². The van der Waals surface area contributed by atoms with Crippen molar-refractivity contribution in [3.05, 3.63) is 42.0 Å². The zero-order valence-corrected chi connectivity index (χ0v) is 6.29. The van der Waals surface area contributed by atoms with E-state index in [4.69, 9.17) is 0 Å². The normalized spacial score (nSPS) is 9.08. The van der Waals surface area contributed by atoms with E-state index in [1.165, 1.54) is 12.1 Å². The summed E-state index contributed by atoms with van der Waals surface area (Å²) in [6, 6.07) is 6.34. The van der Waals surface area contributed by atoms with Gasteiger partial charge in [0, 0.05) is 4.53 Å². The molecule has 0 atom stereocenters. The largest absolute Gasteiger partial charge is 0.379 e. The number of rotatable bonds is 2. The fraction of sp³-hybridized carbons (Fsp3) is 0. The van der Waals surface area contributed by atoms with Crippen molar-refractivity contribution in [3.63, 3.8) is 0 Å². The molecule has 1 rings (SSSR count). The van der Waals surface area contributed by atoms with Gasteiger partial charge in [-0.2, -0.15) is 0 Å². The highest BCUT2D eigenvalue weighted by Gasteiger charge is 2.06. The monoisotopic (exact) mass is 166 g/mol. The Balaban J connectivity index is 3.01. The molecule has 0 unspecified atom stereocenters. The first-order valence-electron chi connectivity index (χ1n) is 3.33. The van der Waals surface area contributed by atoms with Crippen LogP contribution in [0.4, 0.5) is 4.53 Å².